The van der Waals surface area contributed by atoms with E-state index in [1.807, 2.05) is 25.3 Å². The molecule has 1 heterocycles. The summed E-state index contributed by atoms with van der Waals surface area (Å²) in [7, 11) is 0. The molecule has 0 amide bonds. The molecule has 23 heavy (non-hydrogen) atoms. The van der Waals surface area contributed by atoms with E-state index in [1.165, 1.54) is 12.8 Å². The van der Waals surface area contributed by atoms with E-state index in [2.05, 4.69) is 9.55 Å². The Kier molecular flexibility index (Phi) is 7.52. The van der Waals surface area contributed by atoms with Crippen molar-refractivity contribution in [1.29, 1.82) is 0 Å². The van der Waals surface area contributed by atoms with E-state index in [0.717, 1.165) is 30.8 Å². The van der Waals surface area contributed by atoms with Gasteiger partial charge in [0, 0.05) is 18.4 Å². The number of rotatable bonds is 3. The summed E-state index contributed by atoms with van der Waals surface area (Å²) in [5.74, 6) is 1.10. The topological polar surface area (TPSA) is 43.8 Å². The van der Waals surface area contributed by atoms with E-state index >= 15 is 0 Å². The number of nitrogens with zero attached hydrogens (tertiary/aromatic N) is 2. The van der Waals surface area contributed by atoms with Gasteiger partial charge in [0.2, 0.25) is 0 Å². The van der Waals surface area contributed by atoms with Crippen LogP contribution < -0.4 is 5.73 Å². The Morgan fingerprint density at radius 2 is 2.09 bits per heavy atom. The first-order chi connectivity index (χ1) is 10.2. The van der Waals surface area contributed by atoms with Crippen LogP contribution in [0.3, 0.4) is 0 Å². The molecule has 2 N–H and O–H groups in total. The Morgan fingerprint density at radius 3 is 2.78 bits per heavy atom. The zero-order valence-corrected chi connectivity index (χ0v) is 14.9. The molecular formula is C17H24Cl2FN3. The van der Waals surface area contributed by atoms with E-state index in [9.17, 15) is 4.39 Å². The largest absolute Gasteiger partial charge is 0.330 e. The van der Waals surface area contributed by atoms with Crippen LogP contribution in [-0.4, -0.2) is 16.1 Å². The van der Waals surface area contributed by atoms with Crippen molar-refractivity contribution in [2.45, 2.75) is 38.6 Å². The fourth-order valence-electron chi connectivity index (χ4n) is 3.35. The van der Waals surface area contributed by atoms with E-state index in [1.54, 1.807) is 12.3 Å². The molecule has 3 rings (SSSR count). The smallest absolute Gasteiger partial charge is 0.143 e. The van der Waals surface area contributed by atoms with Crippen molar-refractivity contribution in [1.82, 2.24) is 9.55 Å². The number of aromatic nitrogens is 2. The van der Waals surface area contributed by atoms with Gasteiger partial charge in [-0.05, 0) is 56.3 Å². The minimum absolute atomic E-state index is 0. The van der Waals surface area contributed by atoms with E-state index < -0.39 is 0 Å². The van der Waals surface area contributed by atoms with Gasteiger partial charge in [0.25, 0.3) is 0 Å². The second kappa shape index (κ2) is 8.67. The summed E-state index contributed by atoms with van der Waals surface area (Å²) < 4.78 is 16.4. The first kappa shape index (κ1) is 19.9. The molecule has 0 bridgehead atoms. The van der Waals surface area contributed by atoms with Crippen LogP contribution >= 0.6 is 24.8 Å². The van der Waals surface area contributed by atoms with Crippen LogP contribution in [0.4, 0.5) is 4.39 Å². The summed E-state index contributed by atoms with van der Waals surface area (Å²) in [6.07, 6.45) is 8.30. The second-order valence-corrected chi connectivity index (χ2v) is 6.06. The maximum absolute atomic E-state index is 14.2. The lowest BCUT2D eigenvalue weighted by atomic mass is 9.85. The van der Waals surface area contributed by atoms with Crippen molar-refractivity contribution < 1.29 is 4.39 Å². The van der Waals surface area contributed by atoms with E-state index in [0.29, 0.717) is 17.5 Å². The summed E-state index contributed by atoms with van der Waals surface area (Å²) in [4.78, 5) is 4.39. The van der Waals surface area contributed by atoms with Crippen LogP contribution in [-0.2, 0) is 0 Å². The fourth-order valence-corrected chi connectivity index (χ4v) is 3.35. The van der Waals surface area contributed by atoms with Crippen molar-refractivity contribution in [3.63, 3.8) is 0 Å². The van der Waals surface area contributed by atoms with Crippen LogP contribution in [0.1, 0.15) is 37.3 Å². The van der Waals surface area contributed by atoms with Gasteiger partial charge >= 0.3 is 0 Å². The third-order valence-electron chi connectivity index (χ3n) is 4.52. The molecule has 2 atom stereocenters. The molecule has 6 heteroatoms. The summed E-state index contributed by atoms with van der Waals surface area (Å²) in [6.45, 7) is 2.63. The highest BCUT2D eigenvalue weighted by atomic mass is 35.5. The van der Waals surface area contributed by atoms with Crippen LogP contribution in [0.2, 0.25) is 0 Å². The molecule has 1 aliphatic rings. The molecule has 1 aromatic carbocycles. The monoisotopic (exact) mass is 359 g/mol. The molecule has 1 saturated carbocycles. The molecule has 1 aromatic heterocycles. The molecule has 2 aromatic rings. The molecule has 1 aliphatic carbocycles. The van der Waals surface area contributed by atoms with Gasteiger partial charge in [-0.15, -0.1) is 24.8 Å². The fraction of sp³-hybridized carbons (Fsp3) is 0.471. The Hall–Kier alpha value is -1.10. The normalized spacial score (nSPS) is 20.5. The highest BCUT2D eigenvalue weighted by molar-refractivity contribution is 5.85. The highest BCUT2D eigenvalue weighted by Gasteiger charge is 2.24. The lowest BCUT2D eigenvalue weighted by Crippen LogP contribution is -2.24. The summed E-state index contributed by atoms with van der Waals surface area (Å²) >= 11 is 0. The Labute approximate surface area is 149 Å². The number of imidazole rings is 1. The van der Waals surface area contributed by atoms with E-state index in [4.69, 9.17) is 5.73 Å². The molecule has 0 saturated heterocycles. The van der Waals surface area contributed by atoms with E-state index in [-0.39, 0.29) is 30.6 Å². The molecule has 0 unspecified atom stereocenters. The van der Waals surface area contributed by atoms with Gasteiger partial charge in [-0.2, -0.15) is 0 Å². The average molecular weight is 360 g/mol. The third kappa shape index (κ3) is 4.25. The molecule has 128 valence electrons. The van der Waals surface area contributed by atoms with Crippen molar-refractivity contribution in [3.05, 3.63) is 42.0 Å². The van der Waals surface area contributed by atoms with Gasteiger partial charge < -0.3 is 10.3 Å². The van der Waals surface area contributed by atoms with Gasteiger partial charge in [-0.25, -0.2) is 9.37 Å². The maximum Gasteiger partial charge on any atom is 0.143 e. The Bertz CT molecular complexity index is 630. The van der Waals surface area contributed by atoms with Crippen LogP contribution in [0.5, 0.6) is 0 Å². The Balaban J connectivity index is 0.00000132. The zero-order chi connectivity index (χ0) is 14.8. The van der Waals surface area contributed by atoms with Crippen molar-refractivity contribution >= 4 is 24.8 Å². The lowest BCUT2D eigenvalue weighted by Gasteiger charge is -2.30. The average Bonchev–Trinajstić information content (AvgIpc) is 2.96. The standard InChI is InChI=1S/C17H22FN3.2ClH/c1-12-5-6-15(16(18)9-12)17-20-7-8-21(17)14-4-2-3-13(10-14)11-19;;/h5-9,13-14H,2-4,10-11,19H2,1H3;2*1H/t13-,14+;;/m0../s1. The number of halogens is 3. The number of benzene rings is 1. The van der Waals surface area contributed by atoms with Crippen LogP contribution in [0.15, 0.2) is 30.6 Å². The number of hydrogen-bond acceptors (Lipinski definition) is 2. The SMILES string of the molecule is Cc1ccc(-c2nccn2[C@@H]2CCC[C@H](CN)C2)c(F)c1.Cl.Cl. The minimum atomic E-state index is -0.200. The quantitative estimate of drug-likeness (QED) is 0.874. The molecule has 0 aliphatic heterocycles. The predicted molar refractivity (Wildman–Crippen MR) is 96.9 cm³/mol. The van der Waals surface area contributed by atoms with Gasteiger partial charge in [0.1, 0.15) is 11.6 Å². The molecule has 1 fully saturated rings. The zero-order valence-electron chi connectivity index (χ0n) is 13.2. The Morgan fingerprint density at radius 1 is 1.30 bits per heavy atom. The molecular weight excluding hydrogens is 336 g/mol. The van der Waals surface area contributed by atoms with Crippen LogP contribution in [0, 0.1) is 18.7 Å². The lowest BCUT2D eigenvalue weighted by molar-refractivity contribution is 0.273. The van der Waals surface area contributed by atoms with Gasteiger partial charge in [-0.1, -0.05) is 12.5 Å². The van der Waals surface area contributed by atoms with Gasteiger partial charge in [0.05, 0.1) is 5.56 Å². The van der Waals surface area contributed by atoms with Crippen molar-refractivity contribution in [2.24, 2.45) is 11.7 Å². The van der Waals surface area contributed by atoms with Gasteiger partial charge in [0.15, 0.2) is 0 Å². The first-order valence-electron chi connectivity index (χ1n) is 7.68. The van der Waals surface area contributed by atoms with Crippen molar-refractivity contribution in [3.8, 4) is 11.4 Å². The molecule has 3 nitrogen and oxygen atoms in total. The predicted octanol–water partition coefficient (Wildman–Crippen LogP) is 4.53. The number of aryl methyl sites for hydroxylation is 1. The van der Waals surface area contributed by atoms with Gasteiger partial charge in [-0.3, -0.25) is 0 Å². The number of nitrogens with two attached hydrogens (primary N) is 1. The second-order valence-electron chi connectivity index (χ2n) is 6.06. The first-order valence-corrected chi connectivity index (χ1v) is 7.68. The minimum Gasteiger partial charge on any atom is -0.330 e. The number of hydrogen-bond donors (Lipinski definition) is 1. The summed E-state index contributed by atoms with van der Waals surface area (Å²) in [5.41, 5.74) is 7.33. The maximum atomic E-state index is 14.2. The summed E-state index contributed by atoms with van der Waals surface area (Å²) in [6, 6.07) is 5.71. The van der Waals surface area contributed by atoms with Crippen molar-refractivity contribution in [2.75, 3.05) is 6.54 Å². The molecule has 0 spiro atoms. The van der Waals surface area contributed by atoms with Crippen LogP contribution in [0.25, 0.3) is 11.4 Å². The third-order valence-corrected chi connectivity index (χ3v) is 4.52. The molecule has 0 radical (unpaired) electrons. The highest BCUT2D eigenvalue weighted by Crippen LogP contribution is 2.35. The summed E-state index contributed by atoms with van der Waals surface area (Å²) in [5, 5.41) is 0.